The van der Waals surface area contributed by atoms with Crippen LogP contribution in [0.3, 0.4) is 0 Å². The lowest BCUT2D eigenvalue weighted by atomic mass is 10.1. The highest BCUT2D eigenvalue weighted by atomic mass is 32.1. The Hall–Kier alpha value is -3.31. The van der Waals surface area contributed by atoms with Gasteiger partial charge in [0, 0.05) is 26.3 Å². The van der Waals surface area contributed by atoms with E-state index in [1.54, 1.807) is 37.6 Å². The first kappa shape index (κ1) is 20.9. The first-order valence-corrected chi connectivity index (χ1v) is 10.5. The summed E-state index contributed by atoms with van der Waals surface area (Å²) in [4.78, 5) is 14.8. The van der Waals surface area contributed by atoms with Crippen molar-refractivity contribution in [3.63, 3.8) is 0 Å². The number of methoxy groups -OCH3 is 2. The summed E-state index contributed by atoms with van der Waals surface area (Å²) >= 11 is 1.17. The highest BCUT2D eigenvalue weighted by molar-refractivity contribution is 7.17. The molecule has 0 spiro atoms. The Morgan fingerprint density at radius 3 is 2.90 bits per heavy atom. The van der Waals surface area contributed by atoms with Gasteiger partial charge in [-0.2, -0.15) is 5.10 Å². The Kier molecular flexibility index (Phi) is 6.53. The largest absolute Gasteiger partial charge is 0.497 e. The molecule has 162 valence electrons. The van der Waals surface area contributed by atoms with Crippen molar-refractivity contribution in [1.82, 2.24) is 20.4 Å². The van der Waals surface area contributed by atoms with Gasteiger partial charge in [0.2, 0.25) is 5.13 Å². The van der Waals surface area contributed by atoms with Crippen LogP contribution in [0, 0.1) is 0 Å². The summed E-state index contributed by atoms with van der Waals surface area (Å²) in [5, 5.41) is 19.6. The van der Waals surface area contributed by atoms with Crippen molar-refractivity contribution in [3.05, 3.63) is 48.2 Å². The van der Waals surface area contributed by atoms with Crippen LogP contribution >= 0.6 is 11.3 Å². The summed E-state index contributed by atoms with van der Waals surface area (Å²) in [5.41, 5.74) is 0.676. The predicted octanol–water partition coefficient (Wildman–Crippen LogP) is 2.32. The summed E-state index contributed by atoms with van der Waals surface area (Å²) in [6.45, 7) is 1.50. The third kappa shape index (κ3) is 5.06. The van der Waals surface area contributed by atoms with Crippen molar-refractivity contribution in [3.8, 4) is 10.9 Å². The molecule has 1 N–H and O–H groups in total. The van der Waals surface area contributed by atoms with Gasteiger partial charge in [-0.15, -0.1) is 10.2 Å². The molecule has 11 heteroatoms. The van der Waals surface area contributed by atoms with Gasteiger partial charge in [0.05, 0.1) is 13.7 Å². The second-order valence-electron chi connectivity index (χ2n) is 6.81. The topological polar surface area (TPSA) is 112 Å². The molecule has 1 amide bonds. The van der Waals surface area contributed by atoms with E-state index in [1.807, 2.05) is 12.1 Å². The number of aromatic nitrogens is 4. The summed E-state index contributed by atoms with van der Waals surface area (Å²) in [6, 6.07) is 10.9. The molecular weight excluding hydrogens is 420 g/mol. The molecule has 4 rings (SSSR count). The number of carbonyl (C=O) groups is 1. The van der Waals surface area contributed by atoms with Gasteiger partial charge in [0.1, 0.15) is 11.9 Å². The average Bonchev–Trinajstić information content (AvgIpc) is 3.45. The van der Waals surface area contributed by atoms with E-state index >= 15 is 0 Å². The second kappa shape index (κ2) is 9.67. The zero-order valence-corrected chi connectivity index (χ0v) is 17.9. The molecule has 2 atom stereocenters. The monoisotopic (exact) mass is 442 g/mol. The smallest absolute Gasteiger partial charge is 0.296 e. The van der Waals surface area contributed by atoms with Crippen molar-refractivity contribution >= 4 is 28.2 Å². The van der Waals surface area contributed by atoms with Gasteiger partial charge >= 0.3 is 0 Å². The third-order valence-corrected chi connectivity index (χ3v) is 5.53. The van der Waals surface area contributed by atoms with Gasteiger partial charge in [0.25, 0.3) is 11.1 Å². The highest BCUT2D eigenvalue weighted by Gasteiger charge is 2.27. The van der Waals surface area contributed by atoms with Crippen LogP contribution in [0.2, 0.25) is 0 Å². The van der Waals surface area contributed by atoms with Crippen molar-refractivity contribution in [2.75, 3.05) is 37.5 Å². The van der Waals surface area contributed by atoms with E-state index in [2.05, 4.69) is 30.6 Å². The molecule has 1 aliphatic heterocycles. The van der Waals surface area contributed by atoms with E-state index in [4.69, 9.17) is 14.2 Å². The zero-order valence-electron chi connectivity index (χ0n) is 17.1. The molecule has 0 radical (unpaired) electrons. The Labute approximate surface area is 183 Å². The molecule has 3 heterocycles. The van der Waals surface area contributed by atoms with Gasteiger partial charge in [-0.3, -0.25) is 10.1 Å². The maximum absolute atomic E-state index is 12.7. The first-order valence-electron chi connectivity index (χ1n) is 9.66. The molecule has 1 saturated heterocycles. The minimum Gasteiger partial charge on any atom is -0.497 e. The lowest BCUT2D eigenvalue weighted by Crippen LogP contribution is -2.25. The van der Waals surface area contributed by atoms with E-state index in [1.165, 1.54) is 18.4 Å². The third-order valence-electron chi connectivity index (χ3n) is 4.80. The zero-order chi connectivity index (χ0) is 21.6. The number of amides is 1. The van der Waals surface area contributed by atoms with Crippen LogP contribution in [-0.2, 0) is 9.53 Å². The van der Waals surface area contributed by atoms with Crippen molar-refractivity contribution in [1.29, 1.82) is 0 Å². The maximum atomic E-state index is 12.7. The van der Waals surface area contributed by atoms with Gasteiger partial charge in [-0.25, -0.2) is 0 Å². The molecule has 0 saturated carbocycles. The van der Waals surface area contributed by atoms with Crippen LogP contribution in [-0.4, -0.2) is 59.7 Å². The van der Waals surface area contributed by atoms with Crippen LogP contribution in [0.25, 0.3) is 0 Å². The highest BCUT2D eigenvalue weighted by Crippen LogP contribution is 2.28. The Morgan fingerprint density at radius 1 is 1.23 bits per heavy atom. The number of ether oxygens (including phenoxy) is 3. The molecule has 0 aliphatic carbocycles. The van der Waals surface area contributed by atoms with E-state index in [0.29, 0.717) is 28.2 Å². The number of rotatable bonds is 8. The van der Waals surface area contributed by atoms with Crippen molar-refractivity contribution in [2.45, 2.75) is 18.6 Å². The van der Waals surface area contributed by atoms with E-state index in [0.717, 1.165) is 18.8 Å². The number of carbonyl (C=O) groups excluding carboxylic acids is 1. The quantitative estimate of drug-likeness (QED) is 0.562. The van der Waals surface area contributed by atoms with Gasteiger partial charge in [-0.05, 0) is 41.2 Å². The SMILES string of the molecule is COc1cccc(C(OC)C(=O)Nc2nnc(OC3CCN(c4cccnn4)C3)s2)c1. The number of hydrogen-bond acceptors (Lipinski definition) is 10. The molecule has 1 aliphatic rings. The van der Waals surface area contributed by atoms with Crippen molar-refractivity contribution in [2.24, 2.45) is 0 Å². The maximum Gasteiger partial charge on any atom is 0.296 e. The molecule has 2 unspecified atom stereocenters. The molecule has 31 heavy (non-hydrogen) atoms. The number of anilines is 2. The standard InChI is InChI=1S/C20H22N6O4S/c1-28-14-6-3-5-13(11-14)17(29-2)18(27)22-19-24-25-20(31-19)30-15-8-10-26(12-15)16-7-4-9-21-23-16/h3-7,9,11,15,17H,8,10,12H2,1-2H3,(H,22,24,27). The number of nitrogens with zero attached hydrogens (tertiary/aromatic N) is 5. The lowest BCUT2D eigenvalue weighted by Gasteiger charge is -2.16. The molecule has 0 bridgehead atoms. The number of hydrogen-bond donors (Lipinski definition) is 1. The molecular formula is C20H22N6O4S. The van der Waals surface area contributed by atoms with E-state index < -0.39 is 6.10 Å². The molecule has 2 aromatic heterocycles. The Balaban J connectivity index is 1.35. The number of nitrogens with one attached hydrogen (secondary N) is 1. The normalized spacial score (nSPS) is 16.7. The van der Waals surface area contributed by atoms with E-state index in [9.17, 15) is 4.79 Å². The predicted molar refractivity (Wildman–Crippen MR) is 115 cm³/mol. The Morgan fingerprint density at radius 2 is 2.13 bits per heavy atom. The van der Waals surface area contributed by atoms with Crippen LogP contribution < -0.4 is 19.7 Å². The molecule has 1 aromatic carbocycles. The summed E-state index contributed by atoms with van der Waals surface area (Å²) in [5.74, 6) is 1.11. The van der Waals surface area contributed by atoms with Gasteiger partial charge in [0.15, 0.2) is 11.9 Å². The lowest BCUT2D eigenvalue weighted by molar-refractivity contribution is -0.126. The molecule has 10 nitrogen and oxygen atoms in total. The van der Waals surface area contributed by atoms with Crippen LogP contribution in [0.1, 0.15) is 18.1 Å². The van der Waals surface area contributed by atoms with Gasteiger partial charge in [-0.1, -0.05) is 17.2 Å². The van der Waals surface area contributed by atoms with E-state index in [-0.39, 0.29) is 12.0 Å². The molecule has 3 aromatic rings. The fraction of sp³-hybridized carbons (Fsp3) is 0.350. The summed E-state index contributed by atoms with van der Waals surface area (Å²) in [6.07, 6.45) is 1.63. The van der Waals surface area contributed by atoms with Gasteiger partial charge < -0.3 is 19.1 Å². The van der Waals surface area contributed by atoms with Crippen molar-refractivity contribution < 1.29 is 19.0 Å². The fourth-order valence-electron chi connectivity index (χ4n) is 3.32. The van der Waals surface area contributed by atoms with Crippen LogP contribution in [0.5, 0.6) is 10.9 Å². The molecule has 1 fully saturated rings. The first-order chi connectivity index (χ1) is 15.2. The average molecular weight is 443 g/mol. The second-order valence-corrected chi connectivity index (χ2v) is 7.75. The number of benzene rings is 1. The minimum absolute atomic E-state index is 0.0398. The minimum atomic E-state index is -0.807. The van der Waals surface area contributed by atoms with Crippen LogP contribution in [0.15, 0.2) is 42.6 Å². The fourth-order valence-corrected chi connectivity index (χ4v) is 3.98. The van der Waals surface area contributed by atoms with Crippen LogP contribution in [0.4, 0.5) is 10.9 Å². The Bertz CT molecular complexity index is 1020. The summed E-state index contributed by atoms with van der Waals surface area (Å²) in [7, 11) is 3.04. The summed E-state index contributed by atoms with van der Waals surface area (Å²) < 4.78 is 16.5.